The Hall–Kier alpha value is -1.72. The number of aromatic amines is 1. The van der Waals surface area contributed by atoms with Gasteiger partial charge in [-0.25, -0.2) is 18.0 Å². The van der Waals surface area contributed by atoms with Crippen molar-refractivity contribution in [3.8, 4) is 0 Å². The quantitative estimate of drug-likeness (QED) is 0.120. The van der Waals surface area contributed by atoms with E-state index in [0.29, 0.717) is 10.8 Å². The van der Waals surface area contributed by atoms with E-state index >= 15 is 4.39 Å². The Balaban J connectivity index is 2.41. The minimum absolute atomic E-state index is 0.457. The molecule has 1 aromatic rings. The van der Waals surface area contributed by atoms with Crippen molar-refractivity contribution < 1.29 is 46.6 Å². The van der Waals surface area contributed by atoms with E-state index in [1.807, 2.05) is 0 Å². The number of esters is 2. The minimum Gasteiger partial charge on any atom is -0.462 e. The van der Waals surface area contributed by atoms with Crippen LogP contribution in [0.1, 0.15) is 47.8 Å². The Labute approximate surface area is 244 Å². The molecule has 0 saturated carbocycles. The molecule has 2 heterocycles. The van der Waals surface area contributed by atoms with E-state index in [-0.39, 0.29) is 0 Å². The molecule has 0 radical (unpaired) electrons. The molecule has 13 nitrogen and oxygen atoms in total. The van der Waals surface area contributed by atoms with Crippen LogP contribution >= 0.6 is 30.8 Å². The molecule has 0 spiro atoms. The van der Waals surface area contributed by atoms with Crippen molar-refractivity contribution in [2.24, 2.45) is 0 Å². The molecule has 6 atom stereocenters. The van der Waals surface area contributed by atoms with Gasteiger partial charge in [0.15, 0.2) is 18.0 Å². The number of hydrogen-bond donors (Lipinski definition) is 5. The van der Waals surface area contributed by atoms with Crippen LogP contribution in [0.25, 0.3) is 0 Å². The number of hydrogen-bond acceptors (Lipinski definition) is 12. The van der Waals surface area contributed by atoms with Gasteiger partial charge in [-0.1, -0.05) is 11.6 Å². The van der Waals surface area contributed by atoms with Gasteiger partial charge in [-0.3, -0.25) is 23.9 Å². The molecule has 234 valence electrons. The molecule has 1 aliphatic heterocycles. The normalized spacial score (nSPS) is 24.6. The maximum atomic E-state index is 15.4. The summed E-state index contributed by atoms with van der Waals surface area (Å²) in [5.41, 5.74) is -5.39. The van der Waals surface area contributed by atoms with Crippen molar-refractivity contribution in [2.75, 3.05) is 6.61 Å². The first-order chi connectivity index (χ1) is 18.8. The molecule has 19 heteroatoms. The summed E-state index contributed by atoms with van der Waals surface area (Å²) in [5.74, 6) is -1.54. The zero-order valence-electron chi connectivity index (χ0n) is 23.0. The van der Waals surface area contributed by atoms with Crippen LogP contribution in [-0.2, 0) is 28.3 Å². The highest BCUT2D eigenvalue weighted by atomic mass is 35.5. The fourth-order valence-electron chi connectivity index (χ4n) is 3.62. The van der Waals surface area contributed by atoms with E-state index < -0.39 is 96.6 Å². The van der Waals surface area contributed by atoms with Gasteiger partial charge >= 0.3 is 24.6 Å². The third-order valence-electron chi connectivity index (χ3n) is 5.59. The van der Waals surface area contributed by atoms with Crippen molar-refractivity contribution in [1.82, 2.24) is 19.7 Å². The Kier molecular flexibility index (Phi) is 12.3. The van der Waals surface area contributed by atoms with E-state index in [4.69, 9.17) is 30.3 Å². The predicted octanol–water partition coefficient (Wildman–Crippen LogP) is 1.91. The van der Waals surface area contributed by atoms with E-state index in [2.05, 4.69) is 22.4 Å². The lowest BCUT2D eigenvalue weighted by Crippen LogP contribution is -2.52. The smallest absolute Gasteiger partial charge is 0.345 e. The molecular formula is C22H34ClF3N4O9PS+. The van der Waals surface area contributed by atoms with E-state index in [9.17, 15) is 33.1 Å². The standard InChI is InChI=1S/C22H33ClF3N4O9PS/c1-9(2)37-18(33)11(5)28-40(41,29-12(6)19(34)38-10(3)4)36-8-22(20(25)26)15(24)14(31)17(39-22)30-7-13(23)16(32)27-21(30)35/h7,9-12,14-15,17,20,28-29,31,41H,8H2,1-6H3/p+1/t11-,12-,14+,15+,17+,22+/m0/s1. The molecule has 1 aliphatic rings. The van der Waals surface area contributed by atoms with Crippen LogP contribution in [-0.4, -0.2) is 81.8 Å². The predicted molar refractivity (Wildman–Crippen MR) is 146 cm³/mol. The first-order valence-corrected chi connectivity index (χ1v) is 15.6. The molecule has 0 aliphatic carbocycles. The summed E-state index contributed by atoms with van der Waals surface area (Å²) in [4.78, 5) is 50.5. The Bertz CT molecular complexity index is 1180. The van der Waals surface area contributed by atoms with Crippen LogP contribution in [0.4, 0.5) is 13.2 Å². The van der Waals surface area contributed by atoms with Crippen molar-refractivity contribution in [3.05, 3.63) is 32.1 Å². The summed E-state index contributed by atoms with van der Waals surface area (Å²) in [7, 11) is 0. The van der Waals surface area contributed by atoms with Crippen molar-refractivity contribution in [2.45, 2.75) is 96.4 Å². The summed E-state index contributed by atoms with van der Waals surface area (Å²) in [6, 6.07) is -2.31. The number of carbonyl (C=O) groups excluding carboxylic acids is 2. The number of alkyl halides is 3. The third-order valence-corrected chi connectivity index (χ3v) is 8.88. The van der Waals surface area contributed by atoms with Gasteiger partial charge in [0.25, 0.3) is 12.0 Å². The largest absolute Gasteiger partial charge is 0.462 e. The third kappa shape index (κ3) is 8.66. The van der Waals surface area contributed by atoms with Crippen LogP contribution in [0.2, 0.25) is 5.02 Å². The van der Waals surface area contributed by atoms with Gasteiger partial charge < -0.3 is 19.3 Å². The minimum atomic E-state index is -3.78. The van der Waals surface area contributed by atoms with Gasteiger partial charge in [0.1, 0.15) is 29.8 Å². The number of aromatic nitrogens is 2. The van der Waals surface area contributed by atoms with Crippen LogP contribution in [0.3, 0.4) is 0 Å². The monoisotopic (exact) mass is 653 g/mol. The van der Waals surface area contributed by atoms with Gasteiger partial charge in [-0.2, -0.15) is 4.52 Å². The summed E-state index contributed by atoms with van der Waals surface area (Å²) in [6.45, 7) is 4.04. The number of aliphatic hydroxyl groups is 1. The summed E-state index contributed by atoms with van der Waals surface area (Å²) in [5, 5.41) is 15.3. The number of rotatable bonds is 13. The molecule has 0 aromatic carbocycles. The summed E-state index contributed by atoms with van der Waals surface area (Å²) >= 11 is 10.1. The molecule has 0 amide bonds. The fourth-order valence-corrected chi connectivity index (χ4v) is 6.86. The number of nitrogens with zero attached hydrogens (tertiary/aromatic N) is 1. The number of H-pyrrole nitrogens is 1. The number of halogens is 4. The Morgan fingerprint density at radius 1 is 1.15 bits per heavy atom. The van der Waals surface area contributed by atoms with Crippen molar-refractivity contribution in [3.63, 3.8) is 0 Å². The second-order valence-corrected chi connectivity index (χ2v) is 13.8. The Morgan fingerprint density at radius 3 is 2.07 bits per heavy atom. The number of ether oxygens (including phenoxy) is 3. The van der Waals surface area contributed by atoms with E-state index in [1.165, 1.54) is 13.8 Å². The van der Waals surface area contributed by atoms with Crippen LogP contribution in [0.5, 0.6) is 0 Å². The first kappa shape index (κ1) is 35.5. The van der Waals surface area contributed by atoms with Crippen molar-refractivity contribution >= 4 is 42.8 Å². The number of nitrogens with one attached hydrogen (secondary N) is 3. The molecule has 1 fully saturated rings. The highest BCUT2D eigenvalue weighted by Crippen LogP contribution is 2.59. The number of carbonyl (C=O) groups is 2. The first-order valence-electron chi connectivity index (χ1n) is 12.4. The van der Waals surface area contributed by atoms with Gasteiger partial charge in [-0.15, -0.1) is 10.2 Å². The Morgan fingerprint density at radius 2 is 1.63 bits per heavy atom. The van der Waals surface area contributed by atoms with Gasteiger partial charge in [0.2, 0.25) is 0 Å². The molecule has 1 saturated heterocycles. The molecule has 2 rings (SSSR count). The topological polar surface area (TPSA) is 170 Å². The highest BCUT2D eigenvalue weighted by molar-refractivity contribution is 8.49. The summed E-state index contributed by atoms with van der Waals surface area (Å²) in [6.07, 6.45) is -11.2. The van der Waals surface area contributed by atoms with E-state index in [0.717, 1.165) is 0 Å². The number of thiol groups is 1. The lowest BCUT2D eigenvalue weighted by molar-refractivity contribution is -0.182. The maximum Gasteiger partial charge on any atom is 0.345 e. The van der Waals surface area contributed by atoms with Crippen molar-refractivity contribution in [1.29, 1.82) is 0 Å². The van der Waals surface area contributed by atoms with E-state index in [1.54, 1.807) is 32.7 Å². The zero-order valence-corrected chi connectivity index (χ0v) is 25.5. The molecule has 1 aromatic heterocycles. The highest BCUT2D eigenvalue weighted by Gasteiger charge is 2.64. The second-order valence-electron chi connectivity index (χ2n) is 9.82. The SMILES string of the molecule is CC(C)OC(=O)[C@H](C)N[P+](S)(N[C@@H](C)C(=O)OC(C)C)OC[C@@]1(C(F)F)O[C@@H](n2cc(Cl)c(=O)[nH]c2=O)[C@H](O)[C@H]1F. The molecule has 0 bridgehead atoms. The second kappa shape index (κ2) is 14.2. The lowest BCUT2D eigenvalue weighted by Gasteiger charge is -2.32. The zero-order chi connectivity index (χ0) is 31.4. The molecular weight excluding hydrogens is 620 g/mol. The van der Waals surface area contributed by atoms with Crippen LogP contribution in [0, 0.1) is 0 Å². The summed E-state index contributed by atoms with van der Waals surface area (Å²) < 4.78 is 65.9. The molecule has 4 N–H and O–H groups in total. The fraction of sp³-hybridized carbons (Fsp3) is 0.727. The van der Waals surface area contributed by atoms with Crippen LogP contribution in [0.15, 0.2) is 15.8 Å². The average Bonchev–Trinajstić information content (AvgIpc) is 3.10. The maximum absolute atomic E-state index is 15.4. The molecule has 0 unspecified atom stereocenters. The van der Waals surface area contributed by atoms with Crippen LogP contribution < -0.4 is 21.4 Å². The lowest BCUT2D eigenvalue weighted by atomic mass is 9.98. The van der Waals surface area contributed by atoms with Gasteiger partial charge in [-0.05, 0) is 41.5 Å². The average molecular weight is 654 g/mol. The number of aliphatic hydroxyl groups excluding tert-OH is 1. The van der Waals surface area contributed by atoms with Gasteiger partial charge in [0.05, 0.1) is 24.5 Å². The molecule has 41 heavy (non-hydrogen) atoms. The van der Waals surface area contributed by atoms with Gasteiger partial charge in [0, 0.05) is 6.20 Å².